The summed E-state index contributed by atoms with van der Waals surface area (Å²) in [4.78, 5) is 3.50. The van der Waals surface area contributed by atoms with Crippen LogP contribution < -0.4 is 4.90 Å². The maximum atomic E-state index is 9.44. The number of benzene rings is 1. The molecule has 0 spiro atoms. The molecule has 1 N–H and O–H groups in total. The van der Waals surface area contributed by atoms with E-state index in [1.54, 1.807) is 0 Å². The lowest BCUT2D eigenvalue weighted by atomic mass is 9.86. The van der Waals surface area contributed by atoms with Gasteiger partial charge in [0.25, 0.3) is 0 Å². The van der Waals surface area contributed by atoms with E-state index in [0.29, 0.717) is 13.2 Å². The van der Waals surface area contributed by atoms with Crippen LogP contribution in [0.5, 0.6) is 0 Å². The zero-order chi connectivity index (χ0) is 13.0. The molecule has 0 bridgehead atoms. The lowest BCUT2D eigenvalue weighted by Gasteiger charge is -2.42. The Morgan fingerprint density at radius 3 is 2.44 bits per heavy atom. The molecular weight excluding hydrogens is 246 g/mol. The lowest BCUT2D eigenvalue weighted by Crippen LogP contribution is -2.52. The molecule has 18 heavy (non-hydrogen) atoms. The Hall–Kier alpha value is -0.710. The number of anilines is 1. The molecule has 0 unspecified atom stereocenters. The second-order valence-electron chi connectivity index (χ2n) is 4.93. The minimum absolute atomic E-state index is 0.0639. The normalized spacial score (nSPS) is 17.3. The second kappa shape index (κ2) is 5.95. The van der Waals surface area contributed by atoms with Crippen LogP contribution in [0.4, 0.5) is 5.69 Å². The molecule has 0 aliphatic carbocycles. The molecule has 2 rings (SSSR count). The van der Waals surface area contributed by atoms with E-state index in [-0.39, 0.29) is 12.0 Å². The topological polar surface area (TPSA) is 32.7 Å². The molecule has 0 saturated carbocycles. The number of thioether (sulfide) groups is 1. The Kier molecular flexibility index (Phi) is 4.54. The zero-order valence-corrected chi connectivity index (χ0v) is 11.9. The highest BCUT2D eigenvalue weighted by Gasteiger charge is 2.39. The fourth-order valence-electron chi connectivity index (χ4n) is 2.18. The molecule has 3 nitrogen and oxygen atoms in total. The Morgan fingerprint density at radius 2 is 2.00 bits per heavy atom. The summed E-state index contributed by atoms with van der Waals surface area (Å²) in [6.07, 6.45) is 0. The van der Waals surface area contributed by atoms with Crippen LogP contribution in [0, 0.1) is 5.41 Å². The maximum absolute atomic E-state index is 9.44. The van der Waals surface area contributed by atoms with Gasteiger partial charge in [0.1, 0.15) is 0 Å². The molecule has 1 aromatic rings. The molecule has 1 aliphatic heterocycles. The van der Waals surface area contributed by atoms with Crippen molar-refractivity contribution in [3.63, 3.8) is 0 Å². The number of hydrogen-bond donors (Lipinski definition) is 1. The Morgan fingerprint density at radius 1 is 1.33 bits per heavy atom. The van der Waals surface area contributed by atoms with Crippen molar-refractivity contribution in [2.75, 3.05) is 44.1 Å². The molecule has 100 valence electrons. The van der Waals surface area contributed by atoms with E-state index in [4.69, 9.17) is 4.74 Å². The van der Waals surface area contributed by atoms with Crippen LogP contribution in [-0.4, -0.2) is 44.3 Å². The monoisotopic (exact) mass is 267 g/mol. The SMILES string of the molecule is CCSc1ccc(N(C)CC2(CO)COC2)cc1. The highest BCUT2D eigenvalue weighted by Crippen LogP contribution is 2.30. The Labute approximate surface area is 113 Å². The van der Waals surface area contributed by atoms with Gasteiger partial charge in [-0.15, -0.1) is 11.8 Å². The lowest BCUT2D eigenvalue weighted by molar-refractivity contribution is -0.130. The van der Waals surface area contributed by atoms with Gasteiger partial charge in [0, 0.05) is 24.2 Å². The van der Waals surface area contributed by atoms with Gasteiger partial charge in [-0.3, -0.25) is 0 Å². The summed E-state index contributed by atoms with van der Waals surface area (Å²) >= 11 is 1.85. The van der Waals surface area contributed by atoms with E-state index in [1.807, 2.05) is 11.8 Å². The minimum atomic E-state index is -0.0639. The molecule has 4 heteroatoms. The van der Waals surface area contributed by atoms with Gasteiger partial charge in [0.15, 0.2) is 0 Å². The third-order valence-electron chi connectivity index (χ3n) is 3.31. The van der Waals surface area contributed by atoms with Gasteiger partial charge in [0.2, 0.25) is 0 Å². The number of rotatable bonds is 6. The van der Waals surface area contributed by atoms with Crippen LogP contribution in [0.15, 0.2) is 29.2 Å². The fourth-order valence-corrected chi connectivity index (χ4v) is 2.84. The van der Waals surface area contributed by atoms with E-state index in [1.165, 1.54) is 10.6 Å². The molecule has 1 heterocycles. The molecule has 1 fully saturated rings. The maximum Gasteiger partial charge on any atom is 0.0584 e. The van der Waals surface area contributed by atoms with Gasteiger partial charge in [-0.05, 0) is 30.0 Å². The van der Waals surface area contributed by atoms with Crippen molar-refractivity contribution in [3.8, 4) is 0 Å². The zero-order valence-electron chi connectivity index (χ0n) is 11.1. The van der Waals surface area contributed by atoms with Crippen molar-refractivity contribution < 1.29 is 9.84 Å². The molecule has 1 aromatic carbocycles. The van der Waals surface area contributed by atoms with Gasteiger partial charge < -0.3 is 14.7 Å². The predicted octanol–water partition coefficient (Wildman–Crippen LogP) is 2.24. The quantitative estimate of drug-likeness (QED) is 0.801. The van der Waals surface area contributed by atoms with E-state index >= 15 is 0 Å². The van der Waals surface area contributed by atoms with Gasteiger partial charge in [-0.25, -0.2) is 0 Å². The molecule has 0 atom stereocenters. The molecule has 0 radical (unpaired) electrons. The molecule has 0 aromatic heterocycles. The number of ether oxygens (including phenoxy) is 1. The standard InChI is InChI=1S/C14H21NO2S/c1-3-18-13-6-4-12(5-7-13)15(2)8-14(9-16)10-17-11-14/h4-7,16H,3,8-11H2,1-2H3. The first kappa shape index (κ1) is 13.7. The fraction of sp³-hybridized carbons (Fsp3) is 0.571. The van der Waals surface area contributed by atoms with Gasteiger partial charge >= 0.3 is 0 Å². The van der Waals surface area contributed by atoms with E-state index in [0.717, 1.165) is 12.3 Å². The summed E-state index contributed by atoms with van der Waals surface area (Å²) in [6.45, 7) is 4.52. The van der Waals surface area contributed by atoms with E-state index in [9.17, 15) is 5.11 Å². The van der Waals surface area contributed by atoms with E-state index in [2.05, 4.69) is 43.1 Å². The van der Waals surface area contributed by atoms with Crippen LogP contribution in [0.25, 0.3) is 0 Å². The molecular formula is C14H21NO2S. The van der Waals surface area contributed by atoms with Crippen LogP contribution in [0.2, 0.25) is 0 Å². The van der Waals surface area contributed by atoms with Crippen LogP contribution >= 0.6 is 11.8 Å². The van der Waals surface area contributed by atoms with Crippen molar-refractivity contribution in [2.24, 2.45) is 5.41 Å². The Balaban J connectivity index is 1.97. The number of hydrogen-bond acceptors (Lipinski definition) is 4. The van der Waals surface area contributed by atoms with Crippen LogP contribution in [0.3, 0.4) is 0 Å². The predicted molar refractivity (Wildman–Crippen MR) is 76.4 cm³/mol. The van der Waals surface area contributed by atoms with Gasteiger partial charge in [-0.1, -0.05) is 6.92 Å². The smallest absolute Gasteiger partial charge is 0.0584 e. The summed E-state index contributed by atoms with van der Waals surface area (Å²) < 4.78 is 5.23. The van der Waals surface area contributed by atoms with Crippen LogP contribution in [-0.2, 0) is 4.74 Å². The van der Waals surface area contributed by atoms with E-state index < -0.39 is 0 Å². The summed E-state index contributed by atoms with van der Waals surface area (Å²) in [7, 11) is 2.07. The first-order valence-electron chi connectivity index (χ1n) is 6.32. The summed E-state index contributed by atoms with van der Waals surface area (Å²) in [5.74, 6) is 1.10. The van der Waals surface area contributed by atoms with Crippen molar-refractivity contribution >= 4 is 17.4 Å². The first-order valence-corrected chi connectivity index (χ1v) is 7.30. The highest BCUT2D eigenvalue weighted by molar-refractivity contribution is 7.99. The third-order valence-corrected chi connectivity index (χ3v) is 4.21. The van der Waals surface area contributed by atoms with Gasteiger partial charge in [0.05, 0.1) is 25.2 Å². The second-order valence-corrected chi connectivity index (χ2v) is 6.27. The summed E-state index contributed by atoms with van der Waals surface area (Å²) in [5.41, 5.74) is 1.13. The van der Waals surface area contributed by atoms with Crippen molar-refractivity contribution in [1.82, 2.24) is 0 Å². The average Bonchev–Trinajstić information content (AvgIpc) is 2.35. The highest BCUT2D eigenvalue weighted by atomic mass is 32.2. The molecule has 1 aliphatic rings. The van der Waals surface area contributed by atoms with Gasteiger partial charge in [-0.2, -0.15) is 0 Å². The average molecular weight is 267 g/mol. The minimum Gasteiger partial charge on any atom is -0.396 e. The van der Waals surface area contributed by atoms with Crippen molar-refractivity contribution in [3.05, 3.63) is 24.3 Å². The largest absolute Gasteiger partial charge is 0.396 e. The summed E-state index contributed by atoms with van der Waals surface area (Å²) in [5, 5.41) is 9.44. The van der Waals surface area contributed by atoms with Crippen molar-refractivity contribution in [2.45, 2.75) is 11.8 Å². The first-order chi connectivity index (χ1) is 8.69. The number of nitrogens with zero attached hydrogens (tertiary/aromatic N) is 1. The number of aliphatic hydroxyl groups is 1. The van der Waals surface area contributed by atoms with Crippen LogP contribution in [0.1, 0.15) is 6.92 Å². The number of aliphatic hydroxyl groups excluding tert-OH is 1. The third kappa shape index (κ3) is 2.99. The van der Waals surface area contributed by atoms with Crippen molar-refractivity contribution in [1.29, 1.82) is 0 Å². The Bertz CT molecular complexity index is 370. The molecule has 0 amide bonds. The molecule has 1 saturated heterocycles. The summed E-state index contributed by atoms with van der Waals surface area (Å²) in [6, 6.07) is 8.59.